The monoisotopic (exact) mass is 987 g/mol. The van der Waals surface area contributed by atoms with Gasteiger partial charge in [0, 0.05) is 18.3 Å². The van der Waals surface area contributed by atoms with Gasteiger partial charge in [0.15, 0.2) is 11.6 Å². The van der Waals surface area contributed by atoms with Gasteiger partial charge in [-0.1, -0.05) is 42.5 Å². The van der Waals surface area contributed by atoms with Gasteiger partial charge in [0.1, 0.15) is 35.7 Å². The highest BCUT2D eigenvalue weighted by atomic mass is 127. The van der Waals surface area contributed by atoms with Crippen LogP contribution < -0.4 is 5.73 Å². The molecule has 2 heterocycles. The molecule has 9 nitrogen and oxygen atoms in total. The molecule has 0 atom stereocenters. The molecule has 0 aliphatic heterocycles. The summed E-state index contributed by atoms with van der Waals surface area (Å²) < 4.78 is 108. The minimum atomic E-state index is -4.75. The summed E-state index contributed by atoms with van der Waals surface area (Å²) in [6.07, 6.45) is -7.75. The Balaban J connectivity index is 0.000000198. The van der Waals surface area contributed by atoms with Crippen LogP contribution in [-0.4, -0.2) is 40.6 Å². The Labute approximate surface area is 326 Å². The number of ketones is 1. The fourth-order valence-corrected chi connectivity index (χ4v) is 6.02. The predicted molar refractivity (Wildman–Crippen MR) is 194 cm³/mol. The SMILES string of the molecule is Nc1ncn(-c2c(F)cccc2C(F)(F)F)n1.O=C(Cc1ncn(-c2c(F)cccc2C(F)(F)F)n1)c1ccccc1I.O=C(Cl)c1ccccc1I. The molecule has 0 amide bonds. The van der Waals surface area contributed by atoms with Crippen molar-refractivity contribution in [2.24, 2.45) is 0 Å². The minimum absolute atomic E-state index is 0.00558. The maximum absolute atomic E-state index is 14.0. The zero-order valence-corrected chi connectivity index (χ0v) is 31.3. The van der Waals surface area contributed by atoms with E-state index in [9.17, 15) is 44.7 Å². The molecule has 0 saturated heterocycles. The molecule has 0 aliphatic rings. The molecule has 0 spiro atoms. The van der Waals surface area contributed by atoms with E-state index < -0.39 is 51.7 Å². The van der Waals surface area contributed by atoms with Crippen molar-refractivity contribution in [3.8, 4) is 11.4 Å². The number of alkyl halides is 6. The molecule has 6 aromatic rings. The number of nitrogens with zero attached hydrogens (tertiary/aromatic N) is 6. The van der Waals surface area contributed by atoms with Crippen LogP contribution in [0.4, 0.5) is 41.1 Å². The molecular formula is C33H20ClF8I2N7O2. The normalized spacial score (nSPS) is 11.2. The van der Waals surface area contributed by atoms with E-state index in [1.807, 2.05) is 34.7 Å². The third-order valence-electron chi connectivity index (χ3n) is 6.67. The summed E-state index contributed by atoms with van der Waals surface area (Å²) in [4.78, 5) is 30.3. The van der Waals surface area contributed by atoms with E-state index in [0.29, 0.717) is 20.5 Å². The van der Waals surface area contributed by atoms with Crippen LogP contribution in [0.25, 0.3) is 11.4 Å². The van der Waals surface area contributed by atoms with Crippen molar-refractivity contribution in [2.75, 3.05) is 5.73 Å². The van der Waals surface area contributed by atoms with Crippen LogP contribution in [0.1, 0.15) is 37.7 Å². The average molecular weight is 988 g/mol. The number of hydrogen-bond acceptors (Lipinski definition) is 7. The summed E-state index contributed by atoms with van der Waals surface area (Å²) in [6.45, 7) is 0. The molecule has 4 aromatic carbocycles. The van der Waals surface area contributed by atoms with Gasteiger partial charge in [-0.05, 0) is 99.2 Å². The summed E-state index contributed by atoms with van der Waals surface area (Å²) >= 11 is 9.34. The van der Waals surface area contributed by atoms with Gasteiger partial charge in [0.05, 0.1) is 17.5 Å². The number of anilines is 1. The van der Waals surface area contributed by atoms with Gasteiger partial charge in [-0.3, -0.25) is 9.59 Å². The lowest BCUT2D eigenvalue weighted by molar-refractivity contribution is -0.138. The first-order valence-electron chi connectivity index (χ1n) is 14.4. The highest BCUT2D eigenvalue weighted by molar-refractivity contribution is 14.1. The first-order chi connectivity index (χ1) is 24.9. The lowest BCUT2D eigenvalue weighted by atomic mass is 10.1. The van der Waals surface area contributed by atoms with Crippen LogP contribution in [0, 0.1) is 18.8 Å². The average Bonchev–Trinajstić information content (AvgIpc) is 3.73. The highest BCUT2D eigenvalue weighted by Gasteiger charge is 2.36. The van der Waals surface area contributed by atoms with Gasteiger partial charge in [-0.15, -0.1) is 5.10 Å². The van der Waals surface area contributed by atoms with E-state index in [1.165, 1.54) is 0 Å². The van der Waals surface area contributed by atoms with Crippen LogP contribution in [0.2, 0.25) is 0 Å². The largest absolute Gasteiger partial charge is 0.418 e. The number of benzene rings is 4. The van der Waals surface area contributed by atoms with Crippen molar-refractivity contribution in [1.29, 1.82) is 0 Å². The summed E-state index contributed by atoms with van der Waals surface area (Å²) in [7, 11) is 0. The second kappa shape index (κ2) is 17.5. The summed E-state index contributed by atoms with van der Waals surface area (Å²) in [5, 5.41) is 6.91. The Bertz CT molecular complexity index is 2240. The van der Waals surface area contributed by atoms with Crippen LogP contribution in [-0.2, 0) is 18.8 Å². The van der Waals surface area contributed by atoms with E-state index in [2.05, 4.69) is 42.8 Å². The maximum atomic E-state index is 14.0. The Kier molecular flexibility index (Phi) is 13.7. The first kappa shape index (κ1) is 41.2. The van der Waals surface area contributed by atoms with Crippen LogP contribution in [0.3, 0.4) is 0 Å². The van der Waals surface area contributed by atoms with E-state index >= 15 is 0 Å². The number of carbonyl (C=O) groups is 2. The zero-order valence-electron chi connectivity index (χ0n) is 26.2. The first-order valence-corrected chi connectivity index (χ1v) is 16.9. The predicted octanol–water partition coefficient (Wildman–Crippen LogP) is 9.13. The fourth-order valence-electron chi connectivity index (χ4n) is 4.37. The minimum Gasteiger partial charge on any atom is -0.366 e. The molecule has 0 saturated carbocycles. The molecule has 20 heteroatoms. The van der Waals surface area contributed by atoms with Crippen molar-refractivity contribution in [2.45, 2.75) is 18.8 Å². The van der Waals surface area contributed by atoms with Gasteiger partial charge in [-0.2, -0.15) is 31.4 Å². The second-order valence-electron chi connectivity index (χ2n) is 10.3. The van der Waals surface area contributed by atoms with E-state index in [1.54, 1.807) is 36.4 Å². The fraction of sp³-hybridized carbons (Fsp3) is 0.0909. The molecule has 2 aromatic heterocycles. The van der Waals surface area contributed by atoms with E-state index in [0.717, 1.165) is 56.2 Å². The Morgan fingerprint density at radius 2 is 1.11 bits per heavy atom. The number of hydrogen-bond donors (Lipinski definition) is 1. The van der Waals surface area contributed by atoms with Crippen molar-refractivity contribution in [3.63, 3.8) is 0 Å². The number of halogens is 11. The third kappa shape index (κ3) is 10.8. The number of para-hydroxylation sites is 2. The summed E-state index contributed by atoms with van der Waals surface area (Å²) in [5.41, 5.74) is 2.44. The molecule has 53 heavy (non-hydrogen) atoms. The molecule has 0 radical (unpaired) electrons. The van der Waals surface area contributed by atoms with Crippen molar-refractivity contribution in [1.82, 2.24) is 29.5 Å². The van der Waals surface area contributed by atoms with Crippen LogP contribution in [0.15, 0.2) is 97.6 Å². The Hall–Kier alpha value is -4.51. The van der Waals surface area contributed by atoms with Gasteiger partial charge in [0.2, 0.25) is 5.95 Å². The van der Waals surface area contributed by atoms with Crippen molar-refractivity contribution >= 4 is 73.8 Å². The van der Waals surface area contributed by atoms with Gasteiger partial charge >= 0.3 is 12.4 Å². The molecule has 0 aliphatic carbocycles. The number of nitrogen functional groups attached to an aromatic ring is 1. The van der Waals surface area contributed by atoms with Gasteiger partial charge in [-0.25, -0.2) is 28.1 Å². The lowest BCUT2D eigenvalue weighted by Gasteiger charge is -2.12. The molecule has 276 valence electrons. The molecule has 0 bridgehead atoms. The zero-order chi connectivity index (χ0) is 39.1. The smallest absolute Gasteiger partial charge is 0.366 e. The molecule has 2 N–H and O–H groups in total. The Morgan fingerprint density at radius 1 is 0.660 bits per heavy atom. The molecule has 0 unspecified atom stereocenters. The standard InChI is InChI=1S/C17H10F4IN3O.C9H6F4N4.C7H4ClIO/c18-12-6-3-5-11(17(19,20)21)16(12)25-9-23-15(24-25)8-14(26)10-4-1-2-7-13(10)22;10-6-3-1-2-5(9(11,12)13)7(6)17-4-15-8(14)16-17;8-7(10)5-3-1-2-4-6(5)9/h1-7,9H,8H2;1-4H,(H2,14,16);1-4H. The van der Waals surface area contributed by atoms with Crippen molar-refractivity contribution in [3.05, 3.63) is 144 Å². The Morgan fingerprint density at radius 3 is 1.53 bits per heavy atom. The summed E-state index contributed by atoms with van der Waals surface area (Å²) in [6, 6.07) is 19.4. The number of aromatic nitrogens is 6. The van der Waals surface area contributed by atoms with Crippen LogP contribution >= 0.6 is 56.8 Å². The van der Waals surface area contributed by atoms with Gasteiger partial charge in [0.25, 0.3) is 5.24 Å². The highest BCUT2D eigenvalue weighted by Crippen LogP contribution is 2.36. The number of Topliss-reactive ketones (excluding diaryl/α,β-unsaturated/α-hetero) is 1. The quantitative estimate of drug-likeness (QED) is 0.0765. The molecule has 6 rings (SSSR count). The van der Waals surface area contributed by atoms with Crippen LogP contribution in [0.5, 0.6) is 0 Å². The second-order valence-corrected chi connectivity index (χ2v) is 12.9. The van der Waals surface area contributed by atoms with E-state index in [-0.39, 0.29) is 24.0 Å². The number of nitrogens with two attached hydrogens (primary N) is 1. The topological polar surface area (TPSA) is 122 Å². The lowest BCUT2D eigenvalue weighted by Crippen LogP contribution is -2.13. The summed E-state index contributed by atoms with van der Waals surface area (Å²) in [5.74, 6) is -2.64. The third-order valence-corrected chi connectivity index (χ3v) is 8.75. The van der Waals surface area contributed by atoms with E-state index in [4.69, 9.17) is 17.3 Å². The van der Waals surface area contributed by atoms with Crippen molar-refractivity contribution < 1.29 is 44.7 Å². The number of carbonyl (C=O) groups excluding carboxylic acids is 2. The molecular weight excluding hydrogens is 968 g/mol. The van der Waals surface area contributed by atoms with Gasteiger partial charge < -0.3 is 5.73 Å². The molecule has 0 fully saturated rings. The number of rotatable bonds is 6. The maximum Gasteiger partial charge on any atom is 0.418 e.